The Morgan fingerprint density at radius 3 is 2.73 bits per heavy atom. The number of amides is 1. The first-order chi connectivity index (χ1) is 10.6. The molecule has 1 atom stereocenters. The summed E-state index contributed by atoms with van der Waals surface area (Å²) in [6.45, 7) is 3.32. The molecular formula is C17H25N3O2. The average Bonchev–Trinajstić information content (AvgIpc) is 2.55. The van der Waals surface area contributed by atoms with Crippen LogP contribution in [0, 0.1) is 0 Å². The van der Waals surface area contributed by atoms with Crippen molar-refractivity contribution in [2.45, 2.75) is 37.7 Å². The molecule has 22 heavy (non-hydrogen) atoms. The van der Waals surface area contributed by atoms with Gasteiger partial charge in [-0.2, -0.15) is 0 Å². The van der Waals surface area contributed by atoms with Gasteiger partial charge in [-0.15, -0.1) is 0 Å². The highest BCUT2D eigenvalue weighted by Gasteiger charge is 2.25. The highest BCUT2D eigenvalue weighted by Crippen LogP contribution is 2.26. The van der Waals surface area contributed by atoms with Crippen LogP contribution in [0.1, 0.15) is 47.8 Å². The van der Waals surface area contributed by atoms with E-state index in [1.165, 1.54) is 0 Å². The van der Waals surface area contributed by atoms with Crippen molar-refractivity contribution in [3.63, 3.8) is 0 Å². The number of aliphatic hydroxyl groups excluding tert-OH is 1. The van der Waals surface area contributed by atoms with Crippen LogP contribution < -0.4 is 0 Å². The number of carbonyl (C=O) groups is 1. The highest BCUT2D eigenvalue weighted by molar-refractivity contribution is 5.92. The molecule has 1 amide bonds. The average molecular weight is 303 g/mol. The number of β-amino-alcohol motifs (C(OH)–C–C–N with tert-alkyl or cyclic N) is 1. The zero-order valence-electron chi connectivity index (χ0n) is 13.2. The van der Waals surface area contributed by atoms with E-state index in [0.29, 0.717) is 18.2 Å². The van der Waals surface area contributed by atoms with Gasteiger partial charge in [-0.1, -0.05) is 6.07 Å². The predicted octanol–water partition coefficient (Wildman–Crippen LogP) is 1.49. The summed E-state index contributed by atoms with van der Waals surface area (Å²) in [5.41, 5.74) is 1.56. The van der Waals surface area contributed by atoms with Crippen molar-refractivity contribution >= 4 is 5.91 Å². The number of carbonyl (C=O) groups excluding carboxylic acids is 1. The largest absolute Gasteiger partial charge is 0.391 e. The Kier molecular flexibility index (Phi) is 4.74. The molecular weight excluding hydrogens is 278 g/mol. The van der Waals surface area contributed by atoms with Crippen LogP contribution in [0.2, 0.25) is 0 Å². The zero-order chi connectivity index (χ0) is 15.5. The maximum atomic E-state index is 12.6. The number of hydrogen-bond donors (Lipinski definition) is 1. The van der Waals surface area contributed by atoms with Crippen molar-refractivity contribution in [2.75, 3.05) is 33.2 Å². The SMILES string of the molecule is CN1CCC(c2cccc(C(=O)N3CCC[C@H](O)C3)n2)CC1. The molecule has 0 spiro atoms. The summed E-state index contributed by atoms with van der Waals surface area (Å²) in [4.78, 5) is 21.3. The molecule has 2 aliphatic rings. The molecule has 0 aliphatic carbocycles. The summed E-state index contributed by atoms with van der Waals surface area (Å²) in [7, 11) is 2.14. The Balaban J connectivity index is 1.71. The Bertz CT molecular complexity index is 526. The summed E-state index contributed by atoms with van der Waals surface area (Å²) in [5.74, 6) is 0.407. The maximum absolute atomic E-state index is 12.6. The third-order valence-electron chi connectivity index (χ3n) is 4.81. The van der Waals surface area contributed by atoms with E-state index < -0.39 is 6.10 Å². The molecule has 2 saturated heterocycles. The van der Waals surface area contributed by atoms with Crippen LogP contribution in [-0.4, -0.2) is 65.1 Å². The van der Waals surface area contributed by atoms with Crippen molar-refractivity contribution in [1.29, 1.82) is 0 Å². The van der Waals surface area contributed by atoms with E-state index in [2.05, 4.69) is 16.9 Å². The molecule has 3 rings (SSSR count). The van der Waals surface area contributed by atoms with Gasteiger partial charge in [0, 0.05) is 24.7 Å². The smallest absolute Gasteiger partial charge is 0.272 e. The quantitative estimate of drug-likeness (QED) is 0.899. The van der Waals surface area contributed by atoms with Crippen molar-refractivity contribution in [3.05, 3.63) is 29.6 Å². The number of pyridine rings is 1. The molecule has 0 radical (unpaired) electrons. The Morgan fingerprint density at radius 2 is 2.00 bits per heavy atom. The fourth-order valence-electron chi connectivity index (χ4n) is 3.40. The number of piperidine rings is 2. The molecule has 2 aliphatic heterocycles. The van der Waals surface area contributed by atoms with E-state index in [0.717, 1.165) is 51.0 Å². The highest BCUT2D eigenvalue weighted by atomic mass is 16.3. The van der Waals surface area contributed by atoms with Crippen molar-refractivity contribution in [3.8, 4) is 0 Å². The summed E-state index contributed by atoms with van der Waals surface area (Å²) in [6, 6.07) is 5.77. The number of aromatic nitrogens is 1. The Hall–Kier alpha value is -1.46. The van der Waals surface area contributed by atoms with Gasteiger partial charge in [-0.05, 0) is 58.0 Å². The van der Waals surface area contributed by atoms with Crippen LogP contribution in [0.5, 0.6) is 0 Å². The fraction of sp³-hybridized carbons (Fsp3) is 0.647. The van der Waals surface area contributed by atoms with Gasteiger partial charge >= 0.3 is 0 Å². The van der Waals surface area contributed by atoms with Crippen LogP contribution >= 0.6 is 0 Å². The van der Waals surface area contributed by atoms with E-state index in [1.807, 2.05) is 12.1 Å². The molecule has 0 saturated carbocycles. The lowest BCUT2D eigenvalue weighted by Crippen LogP contribution is -2.42. The molecule has 2 fully saturated rings. The zero-order valence-corrected chi connectivity index (χ0v) is 13.2. The third kappa shape index (κ3) is 3.47. The minimum absolute atomic E-state index is 0.0477. The molecule has 0 bridgehead atoms. The second kappa shape index (κ2) is 6.75. The third-order valence-corrected chi connectivity index (χ3v) is 4.81. The van der Waals surface area contributed by atoms with Gasteiger partial charge in [0.2, 0.25) is 0 Å². The van der Waals surface area contributed by atoms with E-state index in [4.69, 9.17) is 0 Å². The van der Waals surface area contributed by atoms with Gasteiger partial charge in [0.05, 0.1) is 6.10 Å². The molecule has 120 valence electrons. The van der Waals surface area contributed by atoms with Crippen LogP contribution in [0.15, 0.2) is 18.2 Å². The van der Waals surface area contributed by atoms with Gasteiger partial charge in [0.15, 0.2) is 0 Å². The summed E-state index contributed by atoms with van der Waals surface area (Å²) in [5, 5.41) is 9.74. The van der Waals surface area contributed by atoms with E-state index in [1.54, 1.807) is 11.0 Å². The van der Waals surface area contributed by atoms with Crippen LogP contribution in [0.25, 0.3) is 0 Å². The standard InChI is InChI=1S/C17H25N3O2/c1-19-10-7-13(8-11-19)15-5-2-6-16(18-15)17(22)20-9-3-4-14(21)12-20/h2,5-6,13-14,21H,3-4,7-12H2,1H3/t14-/m0/s1. The van der Waals surface area contributed by atoms with E-state index >= 15 is 0 Å². The first-order valence-corrected chi connectivity index (χ1v) is 8.26. The number of nitrogens with zero attached hydrogens (tertiary/aromatic N) is 3. The molecule has 1 aromatic rings. The Labute approximate surface area is 131 Å². The topological polar surface area (TPSA) is 56.7 Å². The molecule has 3 heterocycles. The van der Waals surface area contributed by atoms with Crippen molar-refractivity contribution in [1.82, 2.24) is 14.8 Å². The van der Waals surface area contributed by atoms with Gasteiger partial charge < -0.3 is 14.9 Å². The minimum atomic E-state index is -0.394. The maximum Gasteiger partial charge on any atom is 0.272 e. The Morgan fingerprint density at radius 1 is 1.23 bits per heavy atom. The van der Waals surface area contributed by atoms with E-state index in [-0.39, 0.29) is 5.91 Å². The molecule has 0 aromatic carbocycles. The van der Waals surface area contributed by atoms with Crippen molar-refractivity contribution in [2.24, 2.45) is 0 Å². The number of hydrogen-bond acceptors (Lipinski definition) is 4. The van der Waals surface area contributed by atoms with Crippen molar-refractivity contribution < 1.29 is 9.90 Å². The second-order valence-corrected chi connectivity index (χ2v) is 6.57. The summed E-state index contributed by atoms with van der Waals surface area (Å²) in [6.07, 6.45) is 3.46. The summed E-state index contributed by atoms with van der Waals surface area (Å²) < 4.78 is 0. The van der Waals surface area contributed by atoms with Gasteiger partial charge in [-0.25, -0.2) is 4.98 Å². The number of likely N-dealkylation sites (tertiary alicyclic amines) is 2. The lowest BCUT2D eigenvalue weighted by molar-refractivity contribution is 0.0468. The fourth-order valence-corrected chi connectivity index (χ4v) is 3.40. The van der Waals surface area contributed by atoms with Gasteiger partial charge in [0.25, 0.3) is 5.91 Å². The van der Waals surface area contributed by atoms with E-state index in [9.17, 15) is 9.90 Å². The van der Waals surface area contributed by atoms with Crippen LogP contribution in [0.3, 0.4) is 0 Å². The summed E-state index contributed by atoms with van der Waals surface area (Å²) >= 11 is 0. The first-order valence-electron chi connectivity index (χ1n) is 8.26. The van der Waals surface area contributed by atoms with Gasteiger partial charge in [-0.3, -0.25) is 4.79 Å². The molecule has 1 aromatic heterocycles. The van der Waals surface area contributed by atoms with Gasteiger partial charge in [0.1, 0.15) is 5.69 Å². The predicted molar refractivity (Wildman–Crippen MR) is 84.9 cm³/mol. The number of aliphatic hydroxyl groups is 1. The lowest BCUT2D eigenvalue weighted by atomic mass is 9.93. The van der Waals surface area contributed by atoms with Crippen LogP contribution in [-0.2, 0) is 0 Å². The molecule has 0 unspecified atom stereocenters. The minimum Gasteiger partial charge on any atom is -0.391 e. The lowest BCUT2D eigenvalue weighted by Gasteiger charge is -2.30. The molecule has 5 heteroatoms. The normalized spacial score (nSPS) is 24.5. The van der Waals surface area contributed by atoms with Crippen LogP contribution in [0.4, 0.5) is 0 Å². The number of rotatable bonds is 2. The second-order valence-electron chi connectivity index (χ2n) is 6.57. The molecule has 1 N–H and O–H groups in total. The first kappa shape index (κ1) is 15.4. The monoisotopic (exact) mass is 303 g/mol. The molecule has 5 nitrogen and oxygen atoms in total.